The molecule has 0 heterocycles. The number of esters is 2. The van der Waals surface area contributed by atoms with Crippen LogP contribution in [0.1, 0.15) is 194 Å². The van der Waals surface area contributed by atoms with Crippen LogP contribution in [0.3, 0.4) is 0 Å². The third-order valence-electron chi connectivity index (χ3n) is 9.66. The van der Waals surface area contributed by atoms with Crippen LogP contribution in [0.2, 0.25) is 0 Å². The number of hydrogen-bond donors (Lipinski definition) is 1. The van der Waals surface area contributed by atoms with Gasteiger partial charge in [0, 0.05) is 12.8 Å². The van der Waals surface area contributed by atoms with Crippen LogP contribution in [0.25, 0.3) is 0 Å². The van der Waals surface area contributed by atoms with Gasteiger partial charge in [0.05, 0.1) is 14.1 Å². The topological polar surface area (TPSA) is 122 Å². The minimum absolute atomic E-state index is 0.0510. The Morgan fingerprint density at radius 2 is 1.00 bits per heavy atom. The van der Waals surface area contributed by atoms with Gasteiger partial charge in [-0.3, -0.25) is 14.2 Å². The summed E-state index contributed by atoms with van der Waals surface area (Å²) >= 11 is 0. The van der Waals surface area contributed by atoms with E-state index in [4.69, 9.17) is 14.4 Å². The van der Waals surface area contributed by atoms with Gasteiger partial charge in [0.1, 0.15) is 26.3 Å². The molecule has 0 amide bonds. The van der Waals surface area contributed by atoms with E-state index in [1.807, 2.05) is 14.1 Å². The Morgan fingerprint density at radius 1 is 0.623 bits per heavy atom. The molecule has 0 aliphatic heterocycles. The fraction of sp³-hybridized carbons (Fsp3) is 0.860. The molecule has 0 aromatic rings. The zero-order valence-electron chi connectivity index (χ0n) is 34.7. The zero-order valence-corrected chi connectivity index (χ0v) is 35.6. The number of nitrogens with zero attached hydrogens (tertiary/aromatic N) is 1. The molecule has 2 unspecified atom stereocenters. The Hall–Kier alpha value is -1.51. The van der Waals surface area contributed by atoms with Gasteiger partial charge >= 0.3 is 11.9 Å². The predicted molar refractivity (Wildman–Crippen MR) is 217 cm³/mol. The maximum atomic E-state index is 12.8. The van der Waals surface area contributed by atoms with Crippen LogP contribution >= 0.6 is 7.82 Å². The Bertz CT molecular complexity index is 964. The number of allylic oxidation sites excluding steroid dienone is 4. The quantitative estimate of drug-likeness (QED) is 0.0215. The third kappa shape index (κ3) is 40.0. The summed E-state index contributed by atoms with van der Waals surface area (Å²) in [5.74, 6) is -0.626. The lowest BCUT2D eigenvalue weighted by Crippen LogP contribution is -2.49. The van der Waals surface area contributed by atoms with Crippen molar-refractivity contribution in [3.8, 4) is 0 Å². The highest BCUT2D eigenvalue weighted by Crippen LogP contribution is 2.30. The van der Waals surface area contributed by atoms with E-state index < -0.39 is 13.9 Å². The van der Waals surface area contributed by atoms with Gasteiger partial charge in [-0.15, -0.1) is 0 Å². The summed E-state index contributed by atoms with van der Waals surface area (Å²) in [6, 6.07) is 0. The molecule has 0 aliphatic rings. The fourth-order valence-electron chi connectivity index (χ4n) is 6.35. The maximum Gasteiger partial charge on any atom is 0.306 e. The number of quaternary nitrogens is 1. The average molecular weight is 772 g/mol. The van der Waals surface area contributed by atoms with Gasteiger partial charge in [-0.25, -0.2) is 0 Å². The van der Waals surface area contributed by atoms with Gasteiger partial charge in [0.25, 0.3) is 7.82 Å². The molecular formula is C43H82NO8P. The Kier molecular flexibility index (Phi) is 35.1. The number of rotatable bonds is 39. The molecule has 0 saturated heterocycles. The van der Waals surface area contributed by atoms with E-state index in [0.717, 1.165) is 70.6 Å². The molecular weight excluding hydrogens is 689 g/mol. The summed E-state index contributed by atoms with van der Waals surface area (Å²) in [6.07, 6.45) is 40.1. The van der Waals surface area contributed by atoms with E-state index >= 15 is 0 Å². The van der Waals surface area contributed by atoms with E-state index in [-0.39, 0.29) is 36.2 Å². The van der Waals surface area contributed by atoms with Crippen molar-refractivity contribution in [3.63, 3.8) is 0 Å². The van der Waals surface area contributed by atoms with Crippen molar-refractivity contribution in [2.75, 3.05) is 40.4 Å². The molecule has 0 radical (unpaired) electrons. The number of ether oxygens (including phenoxy) is 2. The first kappa shape index (κ1) is 51.5. The number of phosphoric ester groups is 1. The monoisotopic (exact) mass is 772 g/mol. The van der Waals surface area contributed by atoms with Crippen molar-refractivity contribution in [1.82, 2.24) is 0 Å². The molecule has 0 bridgehead atoms. The molecule has 0 aromatic heterocycles. The minimum atomic E-state index is -4.82. The number of hydrogen-bond acceptors (Lipinski definition) is 7. The Balaban J connectivity index is 4.36. The predicted octanol–water partition coefficient (Wildman–Crippen LogP) is 11.1. The lowest BCUT2D eigenvalue weighted by Gasteiger charge is -2.33. The summed E-state index contributed by atoms with van der Waals surface area (Å²) in [5.41, 5.74) is 0. The molecule has 1 N–H and O–H groups in total. The third-order valence-corrected chi connectivity index (χ3v) is 10.2. The highest BCUT2D eigenvalue weighted by Gasteiger charge is 2.27. The second-order valence-corrected chi connectivity index (χ2v) is 16.8. The highest BCUT2D eigenvalue weighted by molar-refractivity contribution is 7.44. The normalized spacial score (nSPS) is 13.8. The molecule has 0 aromatic carbocycles. The summed E-state index contributed by atoms with van der Waals surface area (Å²) in [7, 11) is -1.14. The van der Waals surface area contributed by atoms with Gasteiger partial charge in [-0.2, -0.15) is 0 Å². The van der Waals surface area contributed by atoms with Crippen LogP contribution in [0.5, 0.6) is 0 Å². The van der Waals surface area contributed by atoms with Gasteiger partial charge in [0.2, 0.25) is 0 Å². The van der Waals surface area contributed by atoms with Crippen LogP contribution < -0.4 is 4.89 Å². The van der Waals surface area contributed by atoms with Gasteiger partial charge < -0.3 is 28.3 Å². The largest absolute Gasteiger partial charge is 0.756 e. The van der Waals surface area contributed by atoms with Crippen molar-refractivity contribution in [2.45, 2.75) is 200 Å². The molecule has 53 heavy (non-hydrogen) atoms. The molecule has 10 heteroatoms. The molecule has 312 valence electrons. The van der Waals surface area contributed by atoms with Crippen molar-refractivity contribution in [3.05, 3.63) is 24.3 Å². The summed E-state index contributed by atoms with van der Waals surface area (Å²) in [6.45, 7) is 4.79. The van der Waals surface area contributed by atoms with Gasteiger partial charge in [-0.1, -0.05) is 141 Å². The number of carbonyl (C=O) groups excluding carboxylic acids is 2. The number of likely N-dealkylation sites (N-methyl/N-ethyl adjacent to an activating group) is 1. The van der Waals surface area contributed by atoms with E-state index in [9.17, 15) is 19.0 Å². The second-order valence-electron chi connectivity index (χ2n) is 15.6. The maximum absolute atomic E-state index is 12.8. The molecule has 0 rings (SSSR count). The van der Waals surface area contributed by atoms with E-state index in [1.54, 1.807) is 0 Å². The molecule has 2 atom stereocenters. The van der Waals surface area contributed by atoms with Crippen LogP contribution in [0.4, 0.5) is 0 Å². The number of unbranched alkanes of at least 4 members (excludes halogenated alkanes) is 22. The molecule has 0 fully saturated rings. The Morgan fingerprint density at radius 3 is 1.42 bits per heavy atom. The van der Waals surface area contributed by atoms with Crippen LogP contribution in [-0.4, -0.2) is 67.8 Å². The molecule has 0 aliphatic carbocycles. The fourth-order valence-corrected chi connectivity index (χ4v) is 6.67. The number of carbonyl (C=O) groups is 2. The lowest BCUT2D eigenvalue weighted by atomic mass is 10.1. The molecule has 0 saturated carbocycles. The zero-order chi connectivity index (χ0) is 39.3. The molecule has 9 nitrogen and oxygen atoms in total. The average Bonchev–Trinajstić information content (AvgIpc) is 3.09. The van der Waals surface area contributed by atoms with Crippen molar-refractivity contribution < 1.29 is 42.4 Å². The van der Waals surface area contributed by atoms with Crippen LogP contribution in [0, 0.1) is 0 Å². The van der Waals surface area contributed by atoms with E-state index in [1.165, 1.54) is 96.3 Å². The first-order chi connectivity index (χ1) is 25.5. The Labute approximate surface area is 325 Å². The lowest BCUT2D eigenvalue weighted by molar-refractivity contribution is -0.893. The minimum Gasteiger partial charge on any atom is -0.756 e. The molecule has 0 spiro atoms. The second kappa shape index (κ2) is 36.1. The van der Waals surface area contributed by atoms with Gasteiger partial charge in [-0.05, 0) is 64.2 Å². The summed E-state index contributed by atoms with van der Waals surface area (Å²) < 4.78 is 27.1. The van der Waals surface area contributed by atoms with Crippen molar-refractivity contribution in [1.29, 1.82) is 0 Å². The van der Waals surface area contributed by atoms with E-state index in [2.05, 4.69) is 42.7 Å². The standard InChI is InChI=1S/C43H82NO8P/c1-5-7-9-11-13-15-17-19-21-23-25-27-29-31-33-35-42(45)50-40-41(39-44(3,4)37-38-51-53(47,48)49)52-43(46)36-34-32-30-28-26-24-22-20-18-16-14-12-10-8-6-2/h19-22,41H,5-18,23-40H2,1-4H3,(H-,47,48,49)/b21-19-,22-20-. The van der Waals surface area contributed by atoms with Gasteiger partial charge in [0.15, 0.2) is 6.10 Å². The van der Waals surface area contributed by atoms with Crippen molar-refractivity contribution in [2.24, 2.45) is 0 Å². The highest BCUT2D eigenvalue weighted by atomic mass is 31.2. The van der Waals surface area contributed by atoms with Crippen molar-refractivity contribution >= 4 is 19.8 Å². The first-order valence-corrected chi connectivity index (χ1v) is 23.1. The number of phosphoric acid groups is 1. The smallest absolute Gasteiger partial charge is 0.306 e. The summed E-state index contributed by atoms with van der Waals surface area (Å²) in [4.78, 5) is 45.3. The van der Waals surface area contributed by atoms with Crippen LogP contribution in [0.15, 0.2) is 24.3 Å². The van der Waals surface area contributed by atoms with E-state index in [0.29, 0.717) is 19.4 Å². The summed E-state index contributed by atoms with van der Waals surface area (Å²) in [5, 5.41) is 0. The first-order valence-electron chi connectivity index (χ1n) is 21.6. The van der Waals surface area contributed by atoms with Crippen LogP contribution in [-0.2, 0) is 28.2 Å². The SMILES string of the molecule is CCCCCCCC/C=C\CCCCCCCC(=O)OCC(C[N+](C)(C)CCOP(=O)([O-])O)OC(=O)CCCCCCC/C=C\CCCCCCCC.